The summed E-state index contributed by atoms with van der Waals surface area (Å²) < 4.78 is 42.1. The number of nitrogens with one attached hydrogen (secondary N) is 1. The lowest BCUT2D eigenvalue weighted by Gasteiger charge is -2.22. The first-order valence-corrected chi connectivity index (χ1v) is 11.4. The smallest absolute Gasteiger partial charge is 0.257 e. The van der Waals surface area contributed by atoms with E-state index in [0.29, 0.717) is 11.4 Å². The van der Waals surface area contributed by atoms with Crippen molar-refractivity contribution in [1.29, 1.82) is 0 Å². The Morgan fingerprint density at radius 2 is 1.88 bits per heavy atom. The summed E-state index contributed by atoms with van der Waals surface area (Å²) in [6, 6.07) is 8.52. The van der Waals surface area contributed by atoms with E-state index < -0.39 is 21.7 Å². The molecule has 168 valence electrons. The first kappa shape index (κ1) is 21.8. The number of aromatic nitrogens is 4. The van der Waals surface area contributed by atoms with Crippen LogP contribution in [0.15, 0.2) is 47.6 Å². The summed E-state index contributed by atoms with van der Waals surface area (Å²) in [5.74, 6) is -1.26. The monoisotopic (exact) mass is 459 g/mol. The van der Waals surface area contributed by atoms with E-state index in [1.165, 1.54) is 55.4 Å². The Labute approximate surface area is 184 Å². The molecule has 0 saturated carbocycles. The third kappa shape index (κ3) is 4.18. The Balaban J connectivity index is 1.73. The van der Waals surface area contributed by atoms with E-state index >= 15 is 0 Å². The van der Waals surface area contributed by atoms with E-state index in [1.54, 1.807) is 6.07 Å². The fourth-order valence-electron chi connectivity index (χ4n) is 3.52. The van der Waals surface area contributed by atoms with Crippen molar-refractivity contribution in [3.8, 4) is 5.69 Å². The summed E-state index contributed by atoms with van der Waals surface area (Å²) in [7, 11) is -0.915. The van der Waals surface area contributed by atoms with Gasteiger partial charge in [0.1, 0.15) is 12.1 Å². The van der Waals surface area contributed by atoms with Crippen LogP contribution in [0.4, 0.5) is 15.8 Å². The predicted molar refractivity (Wildman–Crippen MR) is 116 cm³/mol. The molecule has 12 heteroatoms. The lowest BCUT2D eigenvalue weighted by molar-refractivity contribution is 0.102. The number of nitrogens with zero attached hydrogens (tertiary/aromatic N) is 6. The van der Waals surface area contributed by atoms with Crippen LogP contribution in [0.2, 0.25) is 0 Å². The zero-order chi connectivity index (χ0) is 22.9. The lowest BCUT2D eigenvalue weighted by atomic mass is 10.1. The van der Waals surface area contributed by atoms with Gasteiger partial charge in [-0.2, -0.15) is 0 Å². The van der Waals surface area contributed by atoms with Gasteiger partial charge < -0.3 is 10.2 Å². The van der Waals surface area contributed by atoms with E-state index in [2.05, 4.69) is 20.8 Å². The molecule has 1 aliphatic heterocycles. The molecule has 10 nitrogen and oxygen atoms in total. The summed E-state index contributed by atoms with van der Waals surface area (Å²) in [6.45, 7) is 1.51. The number of tetrazole rings is 1. The SMILES string of the molecule is CN(C)S(=O)(=O)c1ccc(N2CCCC2)c(C(=O)Nc2cc(-n3cnnn3)ccc2F)c1. The highest BCUT2D eigenvalue weighted by molar-refractivity contribution is 7.89. The second kappa shape index (κ2) is 8.63. The number of carbonyl (C=O) groups is 1. The van der Waals surface area contributed by atoms with Gasteiger partial charge in [0.25, 0.3) is 5.91 Å². The standard InChI is InChI=1S/C20H22FN7O3S/c1-26(2)32(30,31)15-6-8-19(27-9-3-4-10-27)16(12-15)20(29)23-18-11-14(5-7-17(18)21)28-13-22-24-25-28/h5-8,11-13H,3-4,9-10H2,1-2H3,(H,23,29). The molecule has 0 spiro atoms. The van der Waals surface area contributed by atoms with Crippen LogP contribution < -0.4 is 10.2 Å². The topological polar surface area (TPSA) is 113 Å². The van der Waals surface area contributed by atoms with Gasteiger partial charge in [-0.15, -0.1) is 5.10 Å². The van der Waals surface area contributed by atoms with Gasteiger partial charge in [0, 0.05) is 32.9 Å². The van der Waals surface area contributed by atoms with Crippen molar-refractivity contribution < 1.29 is 17.6 Å². The Bertz CT molecular complexity index is 1240. The van der Waals surface area contributed by atoms with Crippen molar-refractivity contribution in [2.24, 2.45) is 0 Å². The Morgan fingerprint density at radius 3 is 2.53 bits per heavy atom. The molecule has 2 heterocycles. The highest BCUT2D eigenvalue weighted by Crippen LogP contribution is 2.29. The van der Waals surface area contributed by atoms with Gasteiger partial charge >= 0.3 is 0 Å². The number of anilines is 2. The van der Waals surface area contributed by atoms with E-state index in [4.69, 9.17) is 0 Å². The number of rotatable bonds is 6. The summed E-state index contributed by atoms with van der Waals surface area (Å²) in [5.41, 5.74) is 1.14. The van der Waals surface area contributed by atoms with Gasteiger partial charge in [0.05, 0.1) is 21.8 Å². The molecule has 4 rings (SSSR count). The normalized spacial score (nSPS) is 14.2. The molecule has 2 aromatic carbocycles. The Morgan fingerprint density at radius 1 is 1.12 bits per heavy atom. The maximum atomic E-state index is 14.5. The minimum Gasteiger partial charge on any atom is -0.371 e. The van der Waals surface area contributed by atoms with Gasteiger partial charge in [-0.25, -0.2) is 21.8 Å². The first-order valence-electron chi connectivity index (χ1n) is 9.93. The molecule has 1 amide bonds. The highest BCUT2D eigenvalue weighted by Gasteiger charge is 2.25. The van der Waals surface area contributed by atoms with Crippen LogP contribution >= 0.6 is 0 Å². The molecule has 1 aliphatic rings. The van der Waals surface area contributed by atoms with E-state index in [0.717, 1.165) is 30.2 Å². The predicted octanol–water partition coefficient (Wildman–Crippen LogP) is 1.90. The Hall–Kier alpha value is -3.38. The zero-order valence-electron chi connectivity index (χ0n) is 17.6. The van der Waals surface area contributed by atoms with Crippen molar-refractivity contribution in [3.63, 3.8) is 0 Å². The molecular formula is C20H22FN7O3S. The molecule has 3 aromatic rings. The van der Waals surface area contributed by atoms with Crippen LogP contribution in [-0.2, 0) is 10.0 Å². The second-order valence-corrected chi connectivity index (χ2v) is 9.69. The van der Waals surface area contributed by atoms with E-state index in [-0.39, 0.29) is 16.1 Å². The first-order chi connectivity index (χ1) is 15.3. The highest BCUT2D eigenvalue weighted by atomic mass is 32.2. The number of carbonyl (C=O) groups excluding carboxylic acids is 1. The van der Waals surface area contributed by atoms with Crippen LogP contribution in [0.25, 0.3) is 5.69 Å². The van der Waals surface area contributed by atoms with E-state index in [9.17, 15) is 17.6 Å². The quantitative estimate of drug-likeness (QED) is 0.599. The van der Waals surface area contributed by atoms with Crippen LogP contribution in [0.3, 0.4) is 0 Å². The summed E-state index contributed by atoms with van der Waals surface area (Å²) in [6.07, 6.45) is 3.29. The average molecular weight is 460 g/mol. The van der Waals surface area contributed by atoms with Crippen molar-refractivity contribution in [2.75, 3.05) is 37.4 Å². The van der Waals surface area contributed by atoms with E-state index in [1.807, 2.05) is 4.90 Å². The van der Waals surface area contributed by atoms with Crippen molar-refractivity contribution in [1.82, 2.24) is 24.5 Å². The average Bonchev–Trinajstić information content (AvgIpc) is 3.49. The molecule has 1 fully saturated rings. The molecule has 1 N–H and O–H groups in total. The van der Waals surface area contributed by atoms with Crippen LogP contribution in [0.1, 0.15) is 23.2 Å². The molecule has 0 atom stereocenters. The molecular weight excluding hydrogens is 437 g/mol. The zero-order valence-corrected chi connectivity index (χ0v) is 18.4. The molecule has 0 unspecified atom stereocenters. The summed E-state index contributed by atoms with van der Waals surface area (Å²) in [4.78, 5) is 15.2. The molecule has 1 saturated heterocycles. The molecule has 0 aliphatic carbocycles. The number of hydrogen-bond donors (Lipinski definition) is 1. The second-order valence-electron chi connectivity index (χ2n) is 7.53. The largest absolute Gasteiger partial charge is 0.371 e. The number of hydrogen-bond acceptors (Lipinski definition) is 7. The van der Waals surface area contributed by atoms with Crippen LogP contribution in [-0.4, -0.2) is 66.0 Å². The number of amides is 1. The van der Waals surface area contributed by atoms with Crippen molar-refractivity contribution in [2.45, 2.75) is 17.7 Å². The Kier molecular flexibility index (Phi) is 5.89. The summed E-state index contributed by atoms with van der Waals surface area (Å²) in [5, 5.41) is 13.4. The number of benzene rings is 2. The van der Waals surface area contributed by atoms with Gasteiger partial charge in [0.2, 0.25) is 10.0 Å². The minimum atomic E-state index is -3.76. The van der Waals surface area contributed by atoms with Crippen molar-refractivity contribution >= 4 is 27.3 Å². The molecule has 32 heavy (non-hydrogen) atoms. The number of halogens is 1. The molecule has 1 aromatic heterocycles. The minimum absolute atomic E-state index is 0.0153. The third-order valence-electron chi connectivity index (χ3n) is 5.25. The maximum absolute atomic E-state index is 14.5. The molecule has 0 radical (unpaired) electrons. The third-order valence-corrected chi connectivity index (χ3v) is 7.06. The van der Waals surface area contributed by atoms with Crippen LogP contribution in [0.5, 0.6) is 0 Å². The summed E-state index contributed by atoms with van der Waals surface area (Å²) >= 11 is 0. The van der Waals surface area contributed by atoms with Gasteiger partial charge in [0.15, 0.2) is 0 Å². The van der Waals surface area contributed by atoms with Gasteiger partial charge in [-0.1, -0.05) is 0 Å². The lowest BCUT2D eigenvalue weighted by Crippen LogP contribution is -2.26. The fourth-order valence-corrected chi connectivity index (χ4v) is 4.45. The maximum Gasteiger partial charge on any atom is 0.257 e. The number of sulfonamides is 1. The molecule has 0 bridgehead atoms. The fraction of sp³-hybridized carbons (Fsp3) is 0.300. The van der Waals surface area contributed by atoms with Crippen molar-refractivity contribution in [3.05, 3.63) is 54.1 Å². The van der Waals surface area contributed by atoms with Gasteiger partial charge in [-0.05, 0) is 59.7 Å². The van der Waals surface area contributed by atoms with Crippen LogP contribution in [0, 0.1) is 5.82 Å². The van der Waals surface area contributed by atoms with Gasteiger partial charge in [-0.3, -0.25) is 4.79 Å².